The van der Waals surface area contributed by atoms with Gasteiger partial charge in [0.1, 0.15) is 10.8 Å². The van der Waals surface area contributed by atoms with Crippen molar-refractivity contribution in [1.29, 1.82) is 0 Å². The Hall–Kier alpha value is -1.98. The first-order chi connectivity index (χ1) is 12.6. The monoisotopic (exact) mass is 416 g/mol. The van der Waals surface area contributed by atoms with Gasteiger partial charge in [0.05, 0.1) is 5.56 Å². The van der Waals surface area contributed by atoms with Gasteiger partial charge in [-0.25, -0.2) is 0 Å². The number of ether oxygens (including phenoxy) is 2. The third-order valence-electron chi connectivity index (χ3n) is 4.32. The highest BCUT2D eigenvalue weighted by molar-refractivity contribution is 9.09. The summed E-state index contributed by atoms with van der Waals surface area (Å²) in [7, 11) is 0. The van der Waals surface area contributed by atoms with E-state index in [9.17, 15) is 9.59 Å². The Labute approximate surface area is 161 Å². The van der Waals surface area contributed by atoms with Gasteiger partial charge in [-0.1, -0.05) is 72.6 Å². The SMILES string of the molecule is CCCc1ccc2c(c1C(=O)c1ccccc1)C(=O)C(OC(Br)CC)O2. The molecule has 0 bridgehead atoms. The van der Waals surface area contributed by atoms with Crippen molar-refractivity contribution in [1.82, 2.24) is 0 Å². The predicted molar refractivity (Wildman–Crippen MR) is 103 cm³/mol. The number of aryl methyl sites for hydroxylation is 1. The number of halogens is 1. The van der Waals surface area contributed by atoms with Crippen LogP contribution in [0.15, 0.2) is 42.5 Å². The molecule has 2 aromatic rings. The van der Waals surface area contributed by atoms with E-state index >= 15 is 0 Å². The highest BCUT2D eigenvalue weighted by Gasteiger charge is 2.39. The van der Waals surface area contributed by atoms with Gasteiger partial charge < -0.3 is 9.47 Å². The average molecular weight is 417 g/mol. The minimum Gasteiger partial charge on any atom is -0.456 e. The summed E-state index contributed by atoms with van der Waals surface area (Å²) < 4.78 is 11.3. The van der Waals surface area contributed by atoms with Crippen LogP contribution in [0.4, 0.5) is 0 Å². The molecule has 5 heteroatoms. The molecule has 4 nitrogen and oxygen atoms in total. The van der Waals surface area contributed by atoms with Crippen LogP contribution < -0.4 is 4.74 Å². The van der Waals surface area contributed by atoms with E-state index in [0.29, 0.717) is 28.9 Å². The Morgan fingerprint density at radius 3 is 2.58 bits per heavy atom. The normalized spacial score (nSPS) is 16.9. The maximum absolute atomic E-state index is 13.2. The second-order valence-corrected chi connectivity index (χ2v) is 7.21. The van der Waals surface area contributed by atoms with Crippen molar-refractivity contribution in [2.45, 2.75) is 44.4 Å². The highest BCUT2D eigenvalue weighted by atomic mass is 79.9. The van der Waals surface area contributed by atoms with Crippen LogP contribution in [0.1, 0.15) is 58.5 Å². The molecule has 1 aliphatic heterocycles. The lowest BCUT2D eigenvalue weighted by Gasteiger charge is -2.14. The van der Waals surface area contributed by atoms with Crippen molar-refractivity contribution in [3.05, 3.63) is 64.7 Å². The molecule has 1 heterocycles. The Morgan fingerprint density at radius 2 is 1.92 bits per heavy atom. The number of rotatable bonds is 7. The third kappa shape index (κ3) is 3.60. The van der Waals surface area contributed by atoms with Gasteiger partial charge in [0.2, 0.25) is 5.78 Å². The Kier molecular flexibility index (Phi) is 5.89. The Balaban J connectivity index is 2.06. The van der Waals surface area contributed by atoms with E-state index in [-0.39, 0.29) is 16.6 Å². The van der Waals surface area contributed by atoms with Crippen LogP contribution in [0.3, 0.4) is 0 Å². The summed E-state index contributed by atoms with van der Waals surface area (Å²) in [5.41, 5.74) is 2.20. The van der Waals surface area contributed by atoms with Crippen LogP contribution in [0.25, 0.3) is 0 Å². The van der Waals surface area contributed by atoms with Crippen LogP contribution in [0.5, 0.6) is 5.75 Å². The topological polar surface area (TPSA) is 52.6 Å². The molecule has 0 radical (unpaired) electrons. The highest BCUT2D eigenvalue weighted by Crippen LogP contribution is 2.36. The molecular formula is C21H21BrO4. The summed E-state index contributed by atoms with van der Waals surface area (Å²) in [5.74, 6) is -0.0422. The number of hydrogen-bond acceptors (Lipinski definition) is 4. The molecule has 0 N–H and O–H groups in total. The predicted octanol–water partition coefficient (Wildman–Crippen LogP) is 4.92. The molecular weight excluding hydrogens is 396 g/mol. The maximum Gasteiger partial charge on any atom is 0.265 e. The quantitative estimate of drug-likeness (QED) is 0.474. The van der Waals surface area contributed by atoms with E-state index in [1.165, 1.54) is 0 Å². The molecule has 0 aromatic heterocycles. The molecule has 2 aromatic carbocycles. The van der Waals surface area contributed by atoms with E-state index in [4.69, 9.17) is 9.47 Å². The van der Waals surface area contributed by atoms with E-state index in [2.05, 4.69) is 15.9 Å². The lowest BCUT2D eigenvalue weighted by atomic mass is 9.90. The van der Waals surface area contributed by atoms with E-state index in [1.54, 1.807) is 18.2 Å². The first-order valence-electron chi connectivity index (χ1n) is 8.82. The summed E-state index contributed by atoms with van der Waals surface area (Å²) in [6.45, 7) is 3.99. The van der Waals surface area contributed by atoms with Crippen molar-refractivity contribution in [3.63, 3.8) is 0 Å². The third-order valence-corrected chi connectivity index (χ3v) is 5.19. The molecule has 0 saturated carbocycles. The zero-order valence-electron chi connectivity index (χ0n) is 14.8. The van der Waals surface area contributed by atoms with Crippen LogP contribution in [0.2, 0.25) is 0 Å². The lowest BCUT2D eigenvalue weighted by molar-refractivity contribution is -0.0563. The van der Waals surface area contributed by atoms with Gasteiger partial charge in [-0.3, -0.25) is 9.59 Å². The van der Waals surface area contributed by atoms with Gasteiger partial charge in [0.15, 0.2) is 5.78 Å². The molecule has 2 unspecified atom stereocenters. The number of benzene rings is 2. The van der Waals surface area contributed by atoms with Gasteiger partial charge in [0.25, 0.3) is 6.29 Å². The Morgan fingerprint density at radius 1 is 1.19 bits per heavy atom. The molecule has 26 heavy (non-hydrogen) atoms. The molecule has 0 fully saturated rings. The largest absolute Gasteiger partial charge is 0.456 e. The number of ketones is 2. The second kappa shape index (κ2) is 8.14. The van der Waals surface area contributed by atoms with Gasteiger partial charge in [-0.15, -0.1) is 0 Å². The molecule has 0 aliphatic carbocycles. The van der Waals surface area contributed by atoms with Gasteiger partial charge in [-0.2, -0.15) is 0 Å². The fourth-order valence-electron chi connectivity index (χ4n) is 3.05. The summed E-state index contributed by atoms with van der Waals surface area (Å²) in [4.78, 5) is 26.1. The molecule has 136 valence electrons. The average Bonchev–Trinajstić information content (AvgIpc) is 2.98. The first kappa shape index (κ1) is 18.8. The zero-order chi connectivity index (χ0) is 18.7. The van der Waals surface area contributed by atoms with Crippen molar-refractivity contribution >= 4 is 27.5 Å². The number of alkyl halides is 1. The molecule has 0 spiro atoms. The molecule has 3 rings (SSSR count). The molecule has 0 saturated heterocycles. The van der Waals surface area contributed by atoms with Gasteiger partial charge in [-0.05, 0) is 24.5 Å². The van der Waals surface area contributed by atoms with Crippen LogP contribution in [-0.2, 0) is 11.2 Å². The summed E-state index contributed by atoms with van der Waals surface area (Å²) in [6, 6.07) is 12.7. The zero-order valence-corrected chi connectivity index (χ0v) is 16.4. The summed E-state index contributed by atoms with van der Waals surface area (Å²) in [6.07, 6.45) is 1.27. The van der Waals surface area contributed by atoms with E-state index < -0.39 is 6.29 Å². The number of carbonyl (C=O) groups is 2. The Bertz CT molecular complexity index is 816. The minimum absolute atomic E-state index is 0.158. The van der Waals surface area contributed by atoms with Gasteiger partial charge in [0, 0.05) is 11.1 Å². The summed E-state index contributed by atoms with van der Waals surface area (Å²) in [5, 5.41) is -0.283. The lowest BCUT2D eigenvalue weighted by Crippen LogP contribution is -2.28. The smallest absolute Gasteiger partial charge is 0.265 e. The number of carbonyl (C=O) groups excluding carboxylic acids is 2. The van der Waals surface area contributed by atoms with Crippen molar-refractivity contribution < 1.29 is 19.1 Å². The number of fused-ring (bicyclic) bond motifs is 1. The van der Waals surface area contributed by atoms with E-state index in [0.717, 1.165) is 18.4 Å². The fourth-order valence-corrected chi connectivity index (χ4v) is 3.24. The first-order valence-corrected chi connectivity index (χ1v) is 9.74. The number of hydrogen-bond donors (Lipinski definition) is 0. The number of Topliss-reactive ketones (excluding diaryl/α,β-unsaturated/α-hetero) is 1. The molecule has 0 amide bonds. The van der Waals surface area contributed by atoms with Gasteiger partial charge >= 0.3 is 0 Å². The maximum atomic E-state index is 13.2. The van der Waals surface area contributed by atoms with Crippen LogP contribution >= 0.6 is 15.9 Å². The van der Waals surface area contributed by atoms with Crippen molar-refractivity contribution in [3.8, 4) is 5.75 Å². The molecule has 2 atom stereocenters. The molecule has 1 aliphatic rings. The van der Waals surface area contributed by atoms with Crippen molar-refractivity contribution in [2.24, 2.45) is 0 Å². The second-order valence-electron chi connectivity index (χ2n) is 6.19. The van der Waals surface area contributed by atoms with Crippen LogP contribution in [0, 0.1) is 0 Å². The van der Waals surface area contributed by atoms with E-state index in [1.807, 2.05) is 38.1 Å². The fraction of sp³-hybridized carbons (Fsp3) is 0.333. The summed E-state index contributed by atoms with van der Waals surface area (Å²) >= 11 is 3.36. The van der Waals surface area contributed by atoms with Crippen molar-refractivity contribution in [2.75, 3.05) is 0 Å². The minimum atomic E-state index is -1.02. The standard InChI is InChI=1S/C21H21BrO4/c1-3-8-13-11-12-15-18(20(24)21(25-15)26-16(22)4-2)17(13)19(23)14-9-6-5-7-10-14/h5-7,9-12,16,21H,3-4,8H2,1-2H3. The van der Waals surface area contributed by atoms with Crippen LogP contribution in [-0.4, -0.2) is 22.9 Å².